The van der Waals surface area contributed by atoms with E-state index in [0.717, 1.165) is 37.7 Å². The highest BCUT2D eigenvalue weighted by molar-refractivity contribution is 5.69. The summed E-state index contributed by atoms with van der Waals surface area (Å²) >= 11 is 0. The highest BCUT2D eigenvalue weighted by Crippen LogP contribution is 2.45. The Balaban J connectivity index is 1.49. The van der Waals surface area contributed by atoms with Gasteiger partial charge in [-0.1, -0.05) is 36.8 Å². The molecular weight excluding hydrogens is 372 g/mol. The maximum absolute atomic E-state index is 11.5. The number of esters is 2. The summed E-state index contributed by atoms with van der Waals surface area (Å²) in [6.45, 7) is 2.58. The van der Waals surface area contributed by atoms with Gasteiger partial charge in [0.15, 0.2) is 0 Å². The number of hydrogen-bond acceptors (Lipinski definition) is 6. The Labute approximate surface area is 172 Å². The molecule has 5 atom stereocenters. The van der Waals surface area contributed by atoms with E-state index in [4.69, 9.17) is 14.2 Å². The number of hydrogen-bond donors (Lipinski definition) is 0. The van der Waals surface area contributed by atoms with Crippen LogP contribution in [-0.4, -0.2) is 44.0 Å². The molecule has 1 aromatic carbocycles. The molecule has 0 spiro atoms. The van der Waals surface area contributed by atoms with Crippen LogP contribution in [-0.2, 0) is 35.1 Å². The Morgan fingerprint density at radius 3 is 2.66 bits per heavy atom. The molecule has 1 aliphatic carbocycles. The smallest absolute Gasteiger partial charge is 0.305 e. The van der Waals surface area contributed by atoms with E-state index in [9.17, 15) is 9.59 Å². The summed E-state index contributed by atoms with van der Waals surface area (Å²) < 4.78 is 22.5. The first-order valence-electron chi connectivity index (χ1n) is 10.6. The van der Waals surface area contributed by atoms with Crippen LogP contribution >= 0.6 is 0 Å². The number of fused-ring (bicyclic) bond motifs is 1. The van der Waals surface area contributed by atoms with E-state index >= 15 is 0 Å². The molecular formula is C23H32O6. The zero-order chi connectivity index (χ0) is 20.6. The summed E-state index contributed by atoms with van der Waals surface area (Å²) in [5.41, 5.74) is 1.14. The first kappa shape index (κ1) is 21.8. The van der Waals surface area contributed by atoms with Crippen molar-refractivity contribution >= 4 is 11.9 Å². The van der Waals surface area contributed by atoms with Crippen molar-refractivity contribution < 1.29 is 28.5 Å². The second-order valence-corrected chi connectivity index (χ2v) is 8.07. The molecule has 0 N–H and O–H groups in total. The zero-order valence-corrected chi connectivity index (χ0v) is 17.4. The van der Waals surface area contributed by atoms with Gasteiger partial charge in [0, 0.05) is 25.7 Å². The van der Waals surface area contributed by atoms with E-state index in [-0.39, 0.29) is 36.2 Å². The molecule has 160 valence electrons. The van der Waals surface area contributed by atoms with Crippen LogP contribution in [0.3, 0.4) is 0 Å². The topological polar surface area (TPSA) is 71.1 Å². The lowest BCUT2D eigenvalue weighted by atomic mass is 9.90. The SMILES string of the molecule is COC(=O)CCCC[C@@H]1C[C@@H]2[C@H](COCc3ccccc3)[C@H](OC(C)=O)C[C@@H]2O1. The quantitative estimate of drug-likeness (QED) is 0.438. The fourth-order valence-corrected chi connectivity index (χ4v) is 4.62. The van der Waals surface area contributed by atoms with Gasteiger partial charge < -0.3 is 18.9 Å². The predicted molar refractivity (Wildman–Crippen MR) is 107 cm³/mol. The third-order valence-corrected chi connectivity index (χ3v) is 6.00. The number of methoxy groups -OCH3 is 1. The Bertz CT molecular complexity index is 661. The van der Waals surface area contributed by atoms with Gasteiger partial charge in [0.05, 0.1) is 32.5 Å². The molecule has 6 heteroatoms. The van der Waals surface area contributed by atoms with Gasteiger partial charge in [0.25, 0.3) is 0 Å². The van der Waals surface area contributed by atoms with Gasteiger partial charge in [-0.3, -0.25) is 9.59 Å². The number of carbonyl (C=O) groups excluding carboxylic acids is 2. The monoisotopic (exact) mass is 404 g/mol. The van der Waals surface area contributed by atoms with E-state index in [2.05, 4.69) is 4.74 Å². The Hall–Kier alpha value is -1.92. The molecule has 2 aliphatic rings. The zero-order valence-electron chi connectivity index (χ0n) is 17.4. The maximum Gasteiger partial charge on any atom is 0.305 e. The average Bonchev–Trinajstić information content (AvgIpc) is 3.23. The molecule has 1 aromatic rings. The number of unbranched alkanes of at least 4 members (excludes halogenated alkanes) is 1. The molecule has 29 heavy (non-hydrogen) atoms. The van der Waals surface area contributed by atoms with Crippen LogP contribution in [0.5, 0.6) is 0 Å². The highest BCUT2D eigenvalue weighted by atomic mass is 16.6. The van der Waals surface area contributed by atoms with Gasteiger partial charge >= 0.3 is 11.9 Å². The van der Waals surface area contributed by atoms with Crippen molar-refractivity contribution in [3.63, 3.8) is 0 Å². The van der Waals surface area contributed by atoms with Crippen LogP contribution in [0.25, 0.3) is 0 Å². The van der Waals surface area contributed by atoms with E-state index in [0.29, 0.717) is 25.6 Å². The summed E-state index contributed by atoms with van der Waals surface area (Å²) in [6.07, 6.45) is 5.05. The van der Waals surface area contributed by atoms with Crippen LogP contribution in [0.4, 0.5) is 0 Å². The van der Waals surface area contributed by atoms with Crippen molar-refractivity contribution in [2.45, 2.75) is 70.4 Å². The number of rotatable bonds is 10. The molecule has 0 aromatic heterocycles. The molecule has 1 saturated heterocycles. The largest absolute Gasteiger partial charge is 0.469 e. The van der Waals surface area contributed by atoms with Crippen molar-refractivity contribution in [1.82, 2.24) is 0 Å². The first-order valence-corrected chi connectivity index (χ1v) is 10.6. The first-order chi connectivity index (χ1) is 14.1. The van der Waals surface area contributed by atoms with Crippen LogP contribution in [0, 0.1) is 11.8 Å². The van der Waals surface area contributed by atoms with Crippen molar-refractivity contribution in [2.24, 2.45) is 11.8 Å². The minimum Gasteiger partial charge on any atom is -0.469 e. The van der Waals surface area contributed by atoms with Gasteiger partial charge in [0.1, 0.15) is 6.10 Å². The summed E-state index contributed by atoms with van der Waals surface area (Å²) in [5, 5.41) is 0. The molecule has 0 bridgehead atoms. The lowest BCUT2D eigenvalue weighted by Crippen LogP contribution is -2.29. The molecule has 6 nitrogen and oxygen atoms in total. The second-order valence-electron chi connectivity index (χ2n) is 8.07. The number of benzene rings is 1. The standard InChI is InChI=1S/C23H32O6/c1-16(24)28-22-13-21-19(12-18(29-21)10-6-7-11-23(25)26-2)20(22)15-27-14-17-8-4-3-5-9-17/h3-5,8-9,18-22H,6-7,10-15H2,1-2H3/t18-,19-,20+,21+,22-/m1/s1. The molecule has 1 aliphatic heterocycles. The van der Waals surface area contributed by atoms with E-state index in [1.807, 2.05) is 30.3 Å². The predicted octanol–water partition coefficient (Wildman–Crippen LogP) is 3.66. The van der Waals surface area contributed by atoms with Crippen molar-refractivity contribution in [2.75, 3.05) is 13.7 Å². The van der Waals surface area contributed by atoms with Gasteiger partial charge in [0.2, 0.25) is 0 Å². The van der Waals surface area contributed by atoms with E-state index in [1.165, 1.54) is 14.0 Å². The van der Waals surface area contributed by atoms with E-state index < -0.39 is 0 Å². The van der Waals surface area contributed by atoms with E-state index in [1.54, 1.807) is 0 Å². The third kappa shape index (κ3) is 6.28. The third-order valence-electron chi connectivity index (χ3n) is 6.00. The van der Waals surface area contributed by atoms with Gasteiger partial charge in [-0.05, 0) is 30.7 Å². The minimum absolute atomic E-state index is 0.121. The van der Waals surface area contributed by atoms with Crippen molar-refractivity contribution in [3.05, 3.63) is 35.9 Å². The van der Waals surface area contributed by atoms with Gasteiger partial charge in [-0.25, -0.2) is 0 Å². The van der Waals surface area contributed by atoms with Crippen LogP contribution in [0.2, 0.25) is 0 Å². The summed E-state index contributed by atoms with van der Waals surface area (Å²) in [6, 6.07) is 10.1. The normalized spacial score (nSPS) is 28.1. The van der Waals surface area contributed by atoms with Crippen molar-refractivity contribution in [3.8, 4) is 0 Å². The average molecular weight is 405 g/mol. The lowest BCUT2D eigenvalue weighted by molar-refractivity contribution is -0.150. The second kappa shape index (κ2) is 10.7. The number of carbonyl (C=O) groups is 2. The van der Waals surface area contributed by atoms with Crippen molar-refractivity contribution in [1.29, 1.82) is 0 Å². The fraction of sp³-hybridized carbons (Fsp3) is 0.652. The van der Waals surface area contributed by atoms with Gasteiger partial charge in [-0.2, -0.15) is 0 Å². The molecule has 0 unspecified atom stereocenters. The molecule has 1 heterocycles. The fourth-order valence-electron chi connectivity index (χ4n) is 4.62. The van der Waals surface area contributed by atoms with Crippen LogP contribution < -0.4 is 0 Å². The Morgan fingerprint density at radius 1 is 1.14 bits per heavy atom. The molecule has 3 rings (SSSR count). The molecule has 0 radical (unpaired) electrons. The van der Waals surface area contributed by atoms with Gasteiger partial charge in [-0.15, -0.1) is 0 Å². The number of ether oxygens (including phenoxy) is 4. The highest BCUT2D eigenvalue weighted by Gasteiger charge is 2.50. The van der Waals surface area contributed by atoms with Crippen LogP contribution in [0.1, 0.15) is 51.0 Å². The maximum atomic E-state index is 11.5. The molecule has 2 fully saturated rings. The molecule has 0 amide bonds. The molecule has 1 saturated carbocycles. The Kier molecular flexibility index (Phi) is 8.07. The van der Waals surface area contributed by atoms with Crippen LogP contribution in [0.15, 0.2) is 30.3 Å². The summed E-state index contributed by atoms with van der Waals surface area (Å²) in [7, 11) is 1.42. The summed E-state index contributed by atoms with van der Waals surface area (Å²) in [5.74, 6) is 0.102. The lowest BCUT2D eigenvalue weighted by Gasteiger charge is -2.24. The minimum atomic E-state index is -0.248. The Morgan fingerprint density at radius 2 is 1.93 bits per heavy atom. The summed E-state index contributed by atoms with van der Waals surface area (Å²) in [4.78, 5) is 22.8.